The van der Waals surface area contributed by atoms with E-state index in [1.54, 1.807) is 5.51 Å². The lowest BCUT2D eigenvalue weighted by Crippen LogP contribution is -2.05. The van der Waals surface area contributed by atoms with Crippen molar-refractivity contribution < 1.29 is 9.90 Å². The quantitative estimate of drug-likeness (QED) is 0.848. The second-order valence-electron chi connectivity index (χ2n) is 3.55. The normalized spacial score (nSPS) is 11.1. The zero-order valence-electron chi connectivity index (χ0n) is 8.39. The maximum absolute atomic E-state index is 11.0. The number of aromatic carboxylic acids is 1. The highest BCUT2D eigenvalue weighted by atomic mass is 32.1. The summed E-state index contributed by atoms with van der Waals surface area (Å²) in [6, 6.07) is 0. The Kier molecular flexibility index (Phi) is 2.40. The minimum Gasteiger partial charge on any atom is -0.478 e. The van der Waals surface area contributed by atoms with Crippen molar-refractivity contribution >= 4 is 27.7 Å². The first kappa shape index (κ1) is 10.0. The number of thiazole rings is 1. The second-order valence-corrected chi connectivity index (χ2v) is 4.38. The number of rotatable bonds is 2. The Balaban J connectivity index is 2.81. The number of nitrogens with zero attached hydrogens (tertiary/aromatic N) is 2. The molecule has 2 aromatic rings. The fourth-order valence-corrected chi connectivity index (χ4v) is 2.24. The summed E-state index contributed by atoms with van der Waals surface area (Å²) in [6.45, 7) is 3.92. The molecule has 15 heavy (non-hydrogen) atoms. The smallest absolute Gasteiger partial charge is 0.337 e. The SMILES string of the molecule is CC(C)c1c(C(=O)O)cnc2scnc12. The Morgan fingerprint density at radius 1 is 1.47 bits per heavy atom. The van der Waals surface area contributed by atoms with Crippen molar-refractivity contribution in [2.24, 2.45) is 0 Å². The summed E-state index contributed by atoms with van der Waals surface area (Å²) in [5.74, 6) is -0.815. The first-order valence-electron chi connectivity index (χ1n) is 4.56. The third kappa shape index (κ3) is 1.59. The first-order valence-corrected chi connectivity index (χ1v) is 5.44. The van der Waals surface area contributed by atoms with Gasteiger partial charge in [0.2, 0.25) is 0 Å². The summed E-state index contributed by atoms with van der Waals surface area (Å²) in [7, 11) is 0. The minimum absolute atomic E-state index is 0.128. The van der Waals surface area contributed by atoms with Crippen molar-refractivity contribution in [1.29, 1.82) is 0 Å². The molecule has 0 radical (unpaired) electrons. The van der Waals surface area contributed by atoms with Gasteiger partial charge in [-0.15, -0.1) is 11.3 Å². The molecule has 5 heteroatoms. The molecular formula is C10H10N2O2S. The molecule has 2 rings (SSSR count). The van der Waals surface area contributed by atoms with Crippen LogP contribution >= 0.6 is 11.3 Å². The molecule has 1 N–H and O–H groups in total. The number of hydrogen-bond acceptors (Lipinski definition) is 4. The number of pyridine rings is 1. The van der Waals surface area contributed by atoms with Gasteiger partial charge in [-0.1, -0.05) is 13.8 Å². The largest absolute Gasteiger partial charge is 0.478 e. The maximum atomic E-state index is 11.0. The van der Waals surface area contributed by atoms with Crippen molar-refractivity contribution in [1.82, 2.24) is 9.97 Å². The minimum atomic E-state index is -0.943. The molecule has 0 aliphatic heterocycles. The van der Waals surface area contributed by atoms with Crippen molar-refractivity contribution in [2.75, 3.05) is 0 Å². The Bertz CT molecular complexity index is 519. The zero-order valence-corrected chi connectivity index (χ0v) is 9.21. The van der Waals surface area contributed by atoms with Gasteiger partial charge < -0.3 is 5.11 Å². The third-order valence-electron chi connectivity index (χ3n) is 2.21. The van der Waals surface area contributed by atoms with Crippen LogP contribution in [0.15, 0.2) is 11.7 Å². The van der Waals surface area contributed by atoms with Gasteiger partial charge in [0, 0.05) is 6.20 Å². The zero-order chi connectivity index (χ0) is 11.0. The third-order valence-corrected chi connectivity index (χ3v) is 2.95. The summed E-state index contributed by atoms with van der Waals surface area (Å²) < 4.78 is 0. The van der Waals surface area contributed by atoms with Crippen LogP contribution in [0.1, 0.15) is 35.7 Å². The molecule has 0 fully saturated rings. The van der Waals surface area contributed by atoms with E-state index in [1.807, 2.05) is 13.8 Å². The summed E-state index contributed by atoms with van der Waals surface area (Å²) in [4.78, 5) is 20.1. The fourth-order valence-electron chi connectivity index (χ4n) is 1.59. The summed E-state index contributed by atoms with van der Waals surface area (Å²) >= 11 is 1.42. The van der Waals surface area contributed by atoms with Crippen LogP contribution in [0.3, 0.4) is 0 Å². The van der Waals surface area contributed by atoms with Gasteiger partial charge >= 0.3 is 5.97 Å². The van der Waals surface area contributed by atoms with Gasteiger partial charge in [0.1, 0.15) is 10.3 Å². The molecule has 0 aliphatic rings. The van der Waals surface area contributed by atoms with Crippen LogP contribution in [0.25, 0.3) is 10.3 Å². The average Bonchev–Trinajstić information content (AvgIpc) is 2.62. The summed E-state index contributed by atoms with van der Waals surface area (Å²) in [5.41, 5.74) is 3.43. The van der Waals surface area contributed by atoms with E-state index in [0.29, 0.717) is 0 Å². The van der Waals surface area contributed by atoms with Gasteiger partial charge in [-0.3, -0.25) is 0 Å². The van der Waals surface area contributed by atoms with Crippen LogP contribution in [0.4, 0.5) is 0 Å². The number of aromatic nitrogens is 2. The molecule has 78 valence electrons. The number of carboxylic acids is 1. The molecule has 0 bridgehead atoms. The Morgan fingerprint density at radius 3 is 2.80 bits per heavy atom. The van der Waals surface area contributed by atoms with Crippen molar-refractivity contribution in [3.8, 4) is 0 Å². The number of carbonyl (C=O) groups is 1. The molecule has 2 aromatic heterocycles. The molecule has 0 amide bonds. The van der Waals surface area contributed by atoms with Crippen LogP contribution in [-0.4, -0.2) is 21.0 Å². The van der Waals surface area contributed by atoms with E-state index in [-0.39, 0.29) is 11.5 Å². The molecule has 0 unspecified atom stereocenters. The average molecular weight is 222 g/mol. The van der Waals surface area contributed by atoms with Gasteiger partial charge in [-0.25, -0.2) is 14.8 Å². The Morgan fingerprint density at radius 2 is 2.20 bits per heavy atom. The van der Waals surface area contributed by atoms with Gasteiger partial charge in [-0.2, -0.15) is 0 Å². The van der Waals surface area contributed by atoms with Crippen LogP contribution in [0, 0.1) is 0 Å². The lowest BCUT2D eigenvalue weighted by atomic mass is 9.98. The monoisotopic (exact) mass is 222 g/mol. The molecule has 0 aromatic carbocycles. The van der Waals surface area contributed by atoms with Crippen LogP contribution in [0.5, 0.6) is 0 Å². The van der Waals surface area contributed by atoms with E-state index in [4.69, 9.17) is 5.11 Å². The van der Waals surface area contributed by atoms with E-state index in [0.717, 1.165) is 15.9 Å². The highest BCUT2D eigenvalue weighted by Crippen LogP contribution is 2.28. The first-order chi connectivity index (χ1) is 7.11. The van der Waals surface area contributed by atoms with Crippen molar-refractivity contribution in [3.63, 3.8) is 0 Å². The predicted octanol–water partition coefficient (Wildman–Crippen LogP) is 2.51. The van der Waals surface area contributed by atoms with E-state index in [2.05, 4.69) is 9.97 Å². The lowest BCUT2D eigenvalue weighted by Gasteiger charge is -2.09. The second kappa shape index (κ2) is 3.58. The molecule has 0 saturated carbocycles. The van der Waals surface area contributed by atoms with E-state index >= 15 is 0 Å². The predicted molar refractivity (Wildman–Crippen MR) is 58.5 cm³/mol. The fraction of sp³-hybridized carbons (Fsp3) is 0.300. The van der Waals surface area contributed by atoms with Gasteiger partial charge in [0.25, 0.3) is 0 Å². The van der Waals surface area contributed by atoms with Gasteiger partial charge in [0.05, 0.1) is 11.1 Å². The van der Waals surface area contributed by atoms with Crippen molar-refractivity contribution in [2.45, 2.75) is 19.8 Å². The molecule has 0 aliphatic carbocycles. The number of hydrogen-bond donors (Lipinski definition) is 1. The maximum Gasteiger partial charge on any atom is 0.337 e. The molecule has 4 nitrogen and oxygen atoms in total. The summed E-state index contributed by atoms with van der Waals surface area (Å²) in [5, 5.41) is 9.05. The number of carboxylic acid groups (broad SMARTS) is 1. The topological polar surface area (TPSA) is 63.1 Å². The molecule has 0 atom stereocenters. The van der Waals surface area contributed by atoms with Crippen LogP contribution in [-0.2, 0) is 0 Å². The van der Waals surface area contributed by atoms with Gasteiger partial charge in [0.15, 0.2) is 0 Å². The van der Waals surface area contributed by atoms with E-state index in [1.165, 1.54) is 17.5 Å². The molecule has 0 saturated heterocycles. The highest BCUT2D eigenvalue weighted by molar-refractivity contribution is 7.16. The molecule has 2 heterocycles. The van der Waals surface area contributed by atoms with E-state index < -0.39 is 5.97 Å². The number of fused-ring (bicyclic) bond motifs is 1. The molecular weight excluding hydrogens is 212 g/mol. The van der Waals surface area contributed by atoms with E-state index in [9.17, 15) is 4.79 Å². The Hall–Kier alpha value is -1.49. The molecule has 0 spiro atoms. The standard InChI is InChI=1S/C10H10N2O2S/c1-5(2)7-6(10(13)14)3-11-9-8(7)12-4-15-9/h3-5H,1-2H3,(H,13,14). The van der Waals surface area contributed by atoms with Gasteiger partial charge in [-0.05, 0) is 11.5 Å². The lowest BCUT2D eigenvalue weighted by molar-refractivity contribution is 0.0695. The Labute approximate surface area is 90.6 Å². The van der Waals surface area contributed by atoms with Crippen LogP contribution in [0.2, 0.25) is 0 Å². The van der Waals surface area contributed by atoms with Crippen molar-refractivity contribution in [3.05, 3.63) is 22.8 Å². The van der Waals surface area contributed by atoms with Crippen LogP contribution < -0.4 is 0 Å². The summed E-state index contributed by atoms with van der Waals surface area (Å²) in [6.07, 6.45) is 1.41. The highest BCUT2D eigenvalue weighted by Gasteiger charge is 2.18.